The first kappa shape index (κ1) is 18.0. The molecule has 3 nitrogen and oxygen atoms in total. The topological polar surface area (TPSA) is 52.5 Å². The first-order chi connectivity index (χ1) is 9.77. The number of hydrogen-bond donors (Lipinski definition) is 3. The minimum absolute atomic E-state index is 0.217. The zero-order valence-electron chi connectivity index (χ0n) is 14.3. The molecule has 0 spiro atoms. The van der Waals surface area contributed by atoms with Crippen LogP contribution in [0.25, 0.3) is 0 Å². The summed E-state index contributed by atoms with van der Waals surface area (Å²) in [5.41, 5.74) is 5.05. The highest BCUT2D eigenvalue weighted by Crippen LogP contribution is 2.35. The SMILES string of the molecule is CC(C)c1cc(C(C)C)c(NCC(O)CO)c(C(C)C)c1. The zero-order valence-corrected chi connectivity index (χ0v) is 14.3. The van der Waals surface area contributed by atoms with Gasteiger partial charge in [0, 0.05) is 12.2 Å². The Bertz CT molecular complexity index is 424. The number of anilines is 1. The van der Waals surface area contributed by atoms with E-state index in [1.807, 2.05) is 0 Å². The molecule has 120 valence electrons. The van der Waals surface area contributed by atoms with Crippen molar-refractivity contribution in [2.24, 2.45) is 0 Å². The average molecular weight is 293 g/mol. The van der Waals surface area contributed by atoms with Crippen LogP contribution in [0.1, 0.15) is 76.0 Å². The van der Waals surface area contributed by atoms with E-state index in [4.69, 9.17) is 5.11 Å². The molecule has 3 N–H and O–H groups in total. The van der Waals surface area contributed by atoms with E-state index < -0.39 is 6.10 Å². The molecule has 1 atom stereocenters. The quantitative estimate of drug-likeness (QED) is 0.716. The van der Waals surface area contributed by atoms with Crippen molar-refractivity contribution in [3.05, 3.63) is 28.8 Å². The van der Waals surface area contributed by atoms with Crippen LogP contribution in [0.5, 0.6) is 0 Å². The van der Waals surface area contributed by atoms with Crippen LogP contribution >= 0.6 is 0 Å². The van der Waals surface area contributed by atoms with E-state index in [0.717, 1.165) is 5.69 Å². The van der Waals surface area contributed by atoms with Crippen LogP contribution in [-0.4, -0.2) is 29.5 Å². The molecule has 0 bridgehead atoms. The molecule has 0 aliphatic rings. The molecule has 0 saturated heterocycles. The molecular formula is C18H31NO2. The normalized spacial score (nSPS) is 13.3. The van der Waals surface area contributed by atoms with Gasteiger partial charge in [-0.15, -0.1) is 0 Å². The second-order valence-electron chi connectivity index (χ2n) is 6.76. The van der Waals surface area contributed by atoms with E-state index >= 15 is 0 Å². The lowest BCUT2D eigenvalue weighted by atomic mass is 9.87. The minimum atomic E-state index is -0.727. The van der Waals surface area contributed by atoms with Gasteiger partial charge in [0.15, 0.2) is 0 Å². The third-order valence-electron chi connectivity index (χ3n) is 3.86. The smallest absolute Gasteiger partial charge is 0.0942 e. The molecule has 0 amide bonds. The predicted octanol–water partition coefficient (Wildman–Crippen LogP) is 3.82. The number of aliphatic hydroxyl groups excluding tert-OH is 2. The van der Waals surface area contributed by atoms with Gasteiger partial charge in [-0.3, -0.25) is 0 Å². The van der Waals surface area contributed by atoms with E-state index in [0.29, 0.717) is 24.3 Å². The standard InChI is InChI=1S/C18H31NO2/c1-11(2)14-7-16(12(3)4)18(17(8-14)13(5)6)19-9-15(21)10-20/h7-8,11-13,15,19-21H,9-10H2,1-6H3. The van der Waals surface area contributed by atoms with Gasteiger partial charge in [-0.25, -0.2) is 0 Å². The molecule has 0 radical (unpaired) electrons. The van der Waals surface area contributed by atoms with Gasteiger partial charge in [-0.2, -0.15) is 0 Å². The first-order valence-electron chi connectivity index (χ1n) is 7.98. The number of aliphatic hydroxyl groups is 2. The van der Waals surface area contributed by atoms with Crippen molar-refractivity contribution in [2.45, 2.75) is 65.4 Å². The summed E-state index contributed by atoms with van der Waals surface area (Å²) in [7, 11) is 0. The number of benzene rings is 1. The Kier molecular flexibility index (Phi) is 6.69. The van der Waals surface area contributed by atoms with Crippen LogP contribution in [0.15, 0.2) is 12.1 Å². The summed E-state index contributed by atoms with van der Waals surface area (Å²) in [5.74, 6) is 1.32. The molecule has 0 fully saturated rings. The Morgan fingerprint density at radius 2 is 1.38 bits per heavy atom. The van der Waals surface area contributed by atoms with Gasteiger partial charge in [0.25, 0.3) is 0 Å². The summed E-state index contributed by atoms with van der Waals surface area (Å²) >= 11 is 0. The summed E-state index contributed by atoms with van der Waals surface area (Å²) in [6, 6.07) is 4.55. The lowest BCUT2D eigenvalue weighted by molar-refractivity contribution is 0.105. The molecular weight excluding hydrogens is 262 g/mol. The maximum atomic E-state index is 9.61. The van der Waals surface area contributed by atoms with Crippen molar-refractivity contribution in [1.29, 1.82) is 0 Å². The Labute approximate surface area is 129 Å². The highest BCUT2D eigenvalue weighted by molar-refractivity contribution is 5.62. The van der Waals surface area contributed by atoms with Gasteiger partial charge in [-0.1, -0.05) is 53.7 Å². The summed E-state index contributed by atoms with van der Waals surface area (Å²) in [6.45, 7) is 13.4. The largest absolute Gasteiger partial charge is 0.394 e. The Morgan fingerprint density at radius 1 is 0.905 bits per heavy atom. The maximum Gasteiger partial charge on any atom is 0.0942 e. The highest BCUT2D eigenvalue weighted by atomic mass is 16.3. The fourth-order valence-electron chi connectivity index (χ4n) is 2.44. The van der Waals surface area contributed by atoms with Gasteiger partial charge in [0.05, 0.1) is 12.7 Å². The minimum Gasteiger partial charge on any atom is -0.394 e. The van der Waals surface area contributed by atoms with Gasteiger partial charge >= 0.3 is 0 Å². The van der Waals surface area contributed by atoms with E-state index in [1.165, 1.54) is 16.7 Å². The maximum absolute atomic E-state index is 9.61. The van der Waals surface area contributed by atoms with E-state index in [-0.39, 0.29) is 6.61 Å². The fraction of sp³-hybridized carbons (Fsp3) is 0.667. The third-order valence-corrected chi connectivity index (χ3v) is 3.86. The second-order valence-corrected chi connectivity index (χ2v) is 6.76. The number of nitrogens with one attached hydrogen (secondary N) is 1. The summed E-state index contributed by atoms with van der Waals surface area (Å²) in [4.78, 5) is 0. The average Bonchev–Trinajstić information content (AvgIpc) is 2.43. The Hall–Kier alpha value is -1.06. The van der Waals surface area contributed by atoms with Crippen molar-refractivity contribution >= 4 is 5.69 Å². The molecule has 1 aromatic rings. The summed E-state index contributed by atoms with van der Waals surface area (Å²) in [5, 5.41) is 22.0. The van der Waals surface area contributed by atoms with Gasteiger partial charge in [-0.05, 0) is 34.4 Å². The van der Waals surface area contributed by atoms with Crippen LogP contribution < -0.4 is 5.32 Å². The van der Waals surface area contributed by atoms with Crippen molar-refractivity contribution in [3.8, 4) is 0 Å². The number of rotatable bonds is 7. The molecule has 0 saturated carbocycles. The molecule has 0 heterocycles. The van der Waals surface area contributed by atoms with Gasteiger partial charge in [0.2, 0.25) is 0 Å². The van der Waals surface area contributed by atoms with Crippen molar-refractivity contribution < 1.29 is 10.2 Å². The molecule has 3 heteroatoms. The molecule has 1 rings (SSSR count). The van der Waals surface area contributed by atoms with Crippen LogP contribution in [-0.2, 0) is 0 Å². The van der Waals surface area contributed by atoms with E-state index in [9.17, 15) is 5.11 Å². The van der Waals surface area contributed by atoms with Gasteiger partial charge in [0.1, 0.15) is 0 Å². The molecule has 1 aromatic carbocycles. The van der Waals surface area contributed by atoms with Crippen LogP contribution in [0, 0.1) is 0 Å². The van der Waals surface area contributed by atoms with Crippen LogP contribution in [0.3, 0.4) is 0 Å². The van der Waals surface area contributed by atoms with Crippen LogP contribution in [0.2, 0.25) is 0 Å². The lowest BCUT2D eigenvalue weighted by Gasteiger charge is -2.24. The third kappa shape index (κ3) is 4.72. The Balaban J connectivity index is 3.29. The second kappa shape index (κ2) is 7.81. The molecule has 0 aliphatic carbocycles. The lowest BCUT2D eigenvalue weighted by Crippen LogP contribution is -2.24. The molecule has 0 aromatic heterocycles. The van der Waals surface area contributed by atoms with Crippen LogP contribution in [0.4, 0.5) is 5.69 Å². The highest BCUT2D eigenvalue weighted by Gasteiger charge is 2.17. The number of hydrogen-bond acceptors (Lipinski definition) is 3. The van der Waals surface area contributed by atoms with Crippen molar-refractivity contribution in [3.63, 3.8) is 0 Å². The van der Waals surface area contributed by atoms with E-state index in [1.54, 1.807) is 0 Å². The van der Waals surface area contributed by atoms with Gasteiger partial charge < -0.3 is 15.5 Å². The fourth-order valence-corrected chi connectivity index (χ4v) is 2.44. The summed E-state index contributed by atoms with van der Waals surface area (Å²) < 4.78 is 0. The van der Waals surface area contributed by atoms with Crippen molar-refractivity contribution in [2.75, 3.05) is 18.5 Å². The van der Waals surface area contributed by atoms with Crippen molar-refractivity contribution in [1.82, 2.24) is 0 Å². The molecule has 1 unspecified atom stereocenters. The molecule has 21 heavy (non-hydrogen) atoms. The first-order valence-corrected chi connectivity index (χ1v) is 7.98. The molecule has 0 aliphatic heterocycles. The summed E-state index contributed by atoms with van der Waals surface area (Å²) in [6.07, 6.45) is -0.727. The van der Waals surface area contributed by atoms with E-state index in [2.05, 4.69) is 59.0 Å². The monoisotopic (exact) mass is 293 g/mol. The predicted molar refractivity (Wildman–Crippen MR) is 90.3 cm³/mol. The zero-order chi connectivity index (χ0) is 16.2. The Morgan fingerprint density at radius 3 is 1.71 bits per heavy atom.